The van der Waals surface area contributed by atoms with E-state index >= 15 is 0 Å². The average Bonchev–Trinajstić information content (AvgIpc) is 3.09. The van der Waals surface area contributed by atoms with E-state index in [1.165, 1.54) is 6.07 Å². The number of nitrogens with zero attached hydrogens (tertiary/aromatic N) is 1. The summed E-state index contributed by atoms with van der Waals surface area (Å²) in [7, 11) is 0. The number of aromatic amines is 1. The summed E-state index contributed by atoms with van der Waals surface area (Å²) in [6.07, 6.45) is 0. The Morgan fingerprint density at radius 1 is 1.07 bits per heavy atom. The molecule has 0 fully saturated rings. The van der Waals surface area contributed by atoms with Crippen molar-refractivity contribution in [2.45, 2.75) is 0 Å². The third-order valence-electron chi connectivity index (χ3n) is 3.42. The van der Waals surface area contributed by atoms with Gasteiger partial charge in [-0.25, -0.2) is 13.6 Å². The first-order valence-electron chi connectivity index (χ1n) is 7.65. The van der Waals surface area contributed by atoms with Crippen LogP contribution in [0.5, 0.6) is 0 Å². The summed E-state index contributed by atoms with van der Waals surface area (Å²) in [4.78, 5) is 23.8. The first-order valence-corrected chi connectivity index (χ1v) is 8.44. The molecule has 0 unspecified atom stereocenters. The number of rotatable bonds is 5. The molecular weight excluding hydrogens is 424 g/mol. The highest BCUT2D eigenvalue weighted by atomic mass is 79.9. The Morgan fingerprint density at radius 2 is 1.74 bits per heavy atom. The smallest absolute Gasteiger partial charge is 0.356 e. The Bertz CT molecular complexity index is 970. The molecule has 1 aromatic heterocycles. The van der Waals surface area contributed by atoms with Crippen LogP contribution in [0.3, 0.4) is 0 Å². The van der Waals surface area contributed by atoms with Gasteiger partial charge in [-0.15, -0.1) is 0 Å². The van der Waals surface area contributed by atoms with E-state index in [2.05, 4.69) is 31.4 Å². The molecule has 0 radical (unpaired) electrons. The van der Waals surface area contributed by atoms with Crippen molar-refractivity contribution in [3.63, 3.8) is 0 Å². The Kier molecular flexibility index (Phi) is 5.60. The molecule has 0 aliphatic rings. The Labute approximate surface area is 160 Å². The molecule has 27 heavy (non-hydrogen) atoms. The van der Waals surface area contributed by atoms with Crippen molar-refractivity contribution < 1.29 is 23.1 Å². The lowest BCUT2D eigenvalue weighted by atomic mass is 10.1. The van der Waals surface area contributed by atoms with Crippen LogP contribution in [0.2, 0.25) is 0 Å². The predicted molar refractivity (Wildman–Crippen MR) is 97.0 cm³/mol. The lowest BCUT2D eigenvalue weighted by Crippen LogP contribution is -2.21. The monoisotopic (exact) mass is 435 g/mol. The van der Waals surface area contributed by atoms with Gasteiger partial charge in [0.1, 0.15) is 17.3 Å². The quantitative estimate of drug-likeness (QED) is 0.595. The zero-order valence-corrected chi connectivity index (χ0v) is 15.2. The fraction of sp³-hybridized carbons (Fsp3) is 0.0556. The summed E-state index contributed by atoms with van der Waals surface area (Å²) in [6.45, 7) is -0.621. The van der Waals surface area contributed by atoms with E-state index in [1.54, 1.807) is 0 Å². The number of esters is 1. The number of carbonyl (C=O) groups excluding carboxylic acids is 2. The lowest BCUT2D eigenvalue weighted by Gasteiger charge is -2.06. The van der Waals surface area contributed by atoms with Crippen LogP contribution in [0.1, 0.15) is 10.5 Å². The molecule has 2 aromatic carbocycles. The number of nitrogens with one attached hydrogen (secondary N) is 2. The number of halogens is 3. The molecule has 0 saturated heterocycles. The molecule has 0 atom stereocenters. The van der Waals surface area contributed by atoms with Gasteiger partial charge in [0.25, 0.3) is 5.91 Å². The van der Waals surface area contributed by atoms with Crippen LogP contribution in [0.4, 0.5) is 14.5 Å². The van der Waals surface area contributed by atoms with Crippen LogP contribution >= 0.6 is 15.9 Å². The van der Waals surface area contributed by atoms with E-state index in [9.17, 15) is 18.4 Å². The molecule has 1 heterocycles. The summed E-state index contributed by atoms with van der Waals surface area (Å²) in [5.74, 6) is -3.19. The maximum atomic E-state index is 13.1. The van der Waals surface area contributed by atoms with Crippen LogP contribution in [0, 0.1) is 11.6 Å². The van der Waals surface area contributed by atoms with Crippen molar-refractivity contribution in [1.82, 2.24) is 10.2 Å². The normalized spacial score (nSPS) is 10.5. The Hall–Kier alpha value is -3.07. The Balaban J connectivity index is 1.57. The second-order valence-corrected chi connectivity index (χ2v) is 6.37. The van der Waals surface area contributed by atoms with Crippen molar-refractivity contribution in [3.05, 3.63) is 70.3 Å². The minimum atomic E-state index is -0.833. The molecule has 0 aliphatic carbocycles. The maximum absolute atomic E-state index is 13.1. The SMILES string of the molecule is O=C(COC(=O)c1cc(-c2ccc(Br)cc2)n[nH]1)Nc1cc(F)cc(F)c1. The summed E-state index contributed by atoms with van der Waals surface area (Å²) in [5, 5.41) is 8.81. The van der Waals surface area contributed by atoms with E-state index in [4.69, 9.17) is 4.74 Å². The molecule has 0 aliphatic heterocycles. The first kappa shape index (κ1) is 18.7. The van der Waals surface area contributed by atoms with Gasteiger partial charge < -0.3 is 10.1 Å². The number of hydrogen-bond acceptors (Lipinski definition) is 4. The van der Waals surface area contributed by atoms with E-state index in [1.807, 2.05) is 24.3 Å². The summed E-state index contributed by atoms with van der Waals surface area (Å²) in [5.41, 5.74) is 1.32. The highest BCUT2D eigenvalue weighted by Gasteiger charge is 2.14. The number of H-pyrrole nitrogens is 1. The number of amides is 1. The van der Waals surface area contributed by atoms with Gasteiger partial charge in [0.05, 0.1) is 5.69 Å². The second kappa shape index (κ2) is 8.09. The maximum Gasteiger partial charge on any atom is 0.356 e. The fourth-order valence-corrected chi connectivity index (χ4v) is 2.49. The molecule has 0 bridgehead atoms. The van der Waals surface area contributed by atoms with Crippen LogP contribution in [-0.4, -0.2) is 28.7 Å². The van der Waals surface area contributed by atoms with Crippen LogP contribution < -0.4 is 5.32 Å². The van der Waals surface area contributed by atoms with E-state index in [-0.39, 0.29) is 11.4 Å². The topological polar surface area (TPSA) is 84.1 Å². The van der Waals surface area contributed by atoms with Crippen LogP contribution in [0.15, 0.2) is 53.0 Å². The second-order valence-electron chi connectivity index (χ2n) is 5.46. The van der Waals surface area contributed by atoms with Crippen LogP contribution in [-0.2, 0) is 9.53 Å². The number of aromatic nitrogens is 2. The molecule has 0 spiro atoms. The highest BCUT2D eigenvalue weighted by molar-refractivity contribution is 9.10. The summed E-state index contributed by atoms with van der Waals surface area (Å²) in [6, 6.07) is 11.4. The molecule has 3 rings (SSSR count). The van der Waals surface area contributed by atoms with Gasteiger partial charge in [0, 0.05) is 21.8 Å². The van der Waals surface area contributed by atoms with Gasteiger partial charge in [-0.05, 0) is 30.3 Å². The molecular formula is C18H12BrF2N3O3. The zero-order chi connectivity index (χ0) is 19.4. The van der Waals surface area contributed by atoms with E-state index in [0.717, 1.165) is 22.2 Å². The minimum Gasteiger partial charge on any atom is -0.451 e. The molecule has 9 heteroatoms. The van der Waals surface area contributed by atoms with Crippen molar-refractivity contribution >= 4 is 33.5 Å². The van der Waals surface area contributed by atoms with Crippen molar-refractivity contribution in [3.8, 4) is 11.3 Å². The third kappa shape index (κ3) is 4.98. The van der Waals surface area contributed by atoms with Crippen molar-refractivity contribution in [2.24, 2.45) is 0 Å². The predicted octanol–water partition coefficient (Wildman–Crippen LogP) is 3.91. The van der Waals surface area contributed by atoms with Crippen LogP contribution in [0.25, 0.3) is 11.3 Å². The molecule has 0 saturated carbocycles. The van der Waals surface area contributed by atoms with Crippen molar-refractivity contribution in [2.75, 3.05) is 11.9 Å². The Morgan fingerprint density at radius 3 is 2.41 bits per heavy atom. The molecule has 6 nitrogen and oxygen atoms in total. The number of ether oxygens (including phenoxy) is 1. The lowest BCUT2D eigenvalue weighted by molar-refractivity contribution is -0.119. The minimum absolute atomic E-state index is 0.0671. The van der Waals surface area contributed by atoms with Gasteiger partial charge in [0.2, 0.25) is 0 Å². The number of anilines is 1. The average molecular weight is 436 g/mol. The zero-order valence-electron chi connectivity index (χ0n) is 13.6. The molecule has 1 amide bonds. The number of benzene rings is 2. The standard InChI is InChI=1S/C18H12BrF2N3O3/c19-11-3-1-10(2-4-11)15-8-16(24-23-15)18(26)27-9-17(25)22-14-6-12(20)5-13(21)7-14/h1-8H,9H2,(H,22,25)(H,23,24). The molecule has 3 aromatic rings. The third-order valence-corrected chi connectivity index (χ3v) is 3.95. The van der Waals surface area contributed by atoms with E-state index < -0.39 is 30.1 Å². The highest BCUT2D eigenvalue weighted by Crippen LogP contribution is 2.20. The molecule has 2 N–H and O–H groups in total. The van der Waals surface area contributed by atoms with Gasteiger partial charge in [0.15, 0.2) is 6.61 Å². The van der Waals surface area contributed by atoms with Gasteiger partial charge in [-0.3, -0.25) is 9.89 Å². The van der Waals surface area contributed by atoms with Gasteiger partial charge in [-0.2, -0.15) is 5.10 Å². The number of carbonyl (C=O) groups is 2. The number of hydrogen-bond donors (Lipinski definition) is 2. The summed E-state index contributed by atoms with van der Waals surface area (Å²) < 4.78 is 32.0. The first-order chi connectivity index (χ1) is 12.9. The largest absolute Gasteiger partial charge is 0.451 e. The van der Waals surface area contributed by atoms with E-state index in [0.29, 0.717) is 11.8 Å². The fourth-order valence-electron chi connectivity index (χ4n) is 2.23. The van der Waals surface area contributed by atoms with Gasteiger partial charge >= 0.3 is 5.97 Å². The van der Waals surface area contributed by atoms with Crippen molar-refractivity contribution in [1.29, 1.82) is 0 Å². The van der Waals surface area contributed by atoms with Gasteiger partial charge in [-0.1, -0.05) is 28.1 Å². The molecule has 138 valence electrons. The summed E-state index contributed by atoms with van der Waals surface area (Å²) >= 11 is 3.33.